The summed E-state index contributed by atoms with van der Waals surface area (Å²) in [6.45, 7) is 6.87. The average molecular weight is 279 g/mol. The fourth-order valence-electron chi connectivity index (χ4n) is 1.39. The molecule has 108 valence electrons. The molecule has 0 aromatic heterocycles. The summed E-state index contributed by atoms with van der Waals surface area (Å²) in [5.74, 6) is -0.411. The van der Waals surface area contributed by atoms with Crippen molar-refractivity contribution in [3.05, 3.63) is 24.0 Å². The van der Waals surface area contributed by atoms with Crippen LogP contribution in [0.1, 0.15) is 20.3 Å². The summed E-state index contributed by atoms with van der Waals surface area (Å²) in [7, 11) is 0. The Hall–Kier alpha value is -2.44. The van der Waals surface area contributed by atoms with Crippen molar-refractivity contribution < 1.29 is 19.1 Å². The first kappa shape index (κ1) is 15.6. The molecule has 0 aliphatic carbocycles. The quantitative estimate of drug-likeness (QED) is 0.439. The van der Waals surface area contributed by atoms with Crippen LogP contribution < -0.4 is 10.6 Å². The van der Waals surface area contributed by atoms with Crippen molar-refractivity contribution in [3.8, 4) is 0 Å². The van der Waals surface area contributed by atoms with Gasteiger partial charge in [0.25, 0.3) is 0 Å². The van der Waals surface area contributed by atoms with Crippen LogP contribution in [0.15, 0.2) is 29.0 Å². The minimum absolute atomic E-state index is 0.0411. The minimum Gasteiger partial charge on any atom is -0.460 e. The minimum atomic E-state index is -0.520. The predicted molar refractivity (Wildman–Crippen MR) is 73.1 cm³/mol. The summed E-state index contributed by atoms with van der Waals surface area (Å²) < 4.78 is 4.80. The number of carbonyl (C=O) groups excluding carboxylic acids is 3. The maximum absolute atomic E-state index is 11.5. The van der Waals surface area contributed by atoms with E-state index < -0.39 is 12.0 Å². The molecule has 0 saturated carbocycles. The van der Waals surface area contributed by atoms with E-state index in [1.807, 2.05) is 0 Å². The molecule has 0 fully saturated rings. The fraction of sp³-hybridized carbons (Fsp3) is 0.385. The van der Waals surface area contributed by atoms with Gasteiger partial charge in [0.2, 0.25) is 0 Å². The molecule has 0 spiro atoms. The van der Waals surface area contributed by atoms with Crippen LogP contribution in [0.25, 0.3) is 0 Å². The Bertz CT molecular complexity index is 506. The molecule has 0 bridgehead atoms. The average Bonchev–Trinajstić information content (AvgIpc) is 2.32. The van der Waals surface area contributed by atoms with E-state index in [-0.39, 0.29) is 31.2 Å². The number of aliphatic imine (C=N–C) groups is 1. The normalized spacial score (nSPS) is 14.0. The Balaban J connectivity index is 2.29. The van der Waals surface area contributed by atoms with Gasteiger partial charge in [0, 0.05) is 23.8 Å². The maximum atomic E-state index is 11.5. The Kier molecular flexibility index (Phi) is 5.64. The van der Waals surface area contributed by atoms with E-state index in [0.29, 0.717) is 11.3 Å². The molecule has 1 rings (SSSR count). The van der Waals surface area contributed by atoms with Gasteiger partial charge in [0.1, 0.15) is 12.4 Å². The second kappa shape index (κ2) is 7.22. The van der Waals surface area contributed by atoms with Gasteiger partial charge in [-0.3, -0.25) is 10.1 Å². The molecule has 0 atom stereocenters. The highest BCUT2D eigenvalue weighted by atomic mass is 16.5. The molecule has 2 amide bonds. The second-order valence-corrected chi connectivity index (χ2v) is 4.32. The van der Waals surface area contributed by atoms with Crippen molar-refractivity contribution in [1.29, 1.82) is 0 Å². The number of ketones is 1. The van der Waals surface area contributed by atoms with Crippen LogP contribution in [0.5, 0.6) is 0 Å². The third kappa shape index (κ3) is 5.47. The van der Waals surface area contributed by atoms with Gasteiger partial charge >= 0.3 is 12.0 Å². The lowest BCUT2D eigenvalue weighted by molar-refractivity contribution is -0.138. The van der Waals surface area contributed by atoms with E-state index in [2.05, 4.69) is 22.2 Å². The summed E-state index contributed by atoms with van der Waals surface area (Å²) in [6, 6.07) is -0.520. The number of nitrogens with zero attached hydrogens (tertiary/aromatic N) is 1. The van der Waals surface area contributed by atoms with E-state index in [1.165, 1.54) is 13.0 Å². The summed E-state index contributed by atoms with van der Waals surface area (Å²) in [6.07, 6.45) is 1.54. The van der Waals surface area contributed by atoms with Gasteiger partial charge in [0.15, 0.2) is 5.78 Å². The molecule has 0 radical (unpaired) electrons. The number of hydrogen-bond donors (Lipinski definition) is 2. The molecule has 7 nitrogen and oxygen atoms in total. The van der Waals surface area contributed by atoms with Crippen LogP contribution in [-0.4, -0.2) is 36.6 Å². The Labute approximate surface area is 116 Å². The van der Waals surface area contributed by atoms with E-state index in [1.54, 1.807) is 6.92 Å². The third-order valence-corrected chi connectivity index (χ3v) is 2.25. The second-order valence-electron chi connectivity index (χ2n) is 4.32. The number of allylic oxidation sites excluding steroid dienone is 1. The largest absolute Gasteiger partial charge is 0.460 e. The van der Waals surface area contributed by atoms with Gasteiger partial charge in [0.05, 0.1) is 6.54 Å². The number of esters is 1. The molecule has 0 saturated heterocycles. The first-order valence-corrected chi connectivity index (χ1v) is 6.04. The van der Waals surface area contributed by atoms with Gasteiger partial charge in [-0.25, -0.2) is 14.6 Å². The molecule has 2 N–H and O–H groups in total. The van der Waals surface area contributed by atoms with E-state index >= 15 is 0 Å². The van der Waals surface area contributed by atoms with Gasteiger partial charge in [-0.05, 0) is 13.8 Å². The topological polar surface area (TPSA) is 96.9 Å². The highest BCUT2D eigenvalue weighted by Gasteiger charge is 2.12. The highest BCUT2D eigenvalue weighted by molar-refractivity contribution is 6.08. The van der Waals surface area contributed by atoms with Crippen LogP contribution in [0.3, 0.4) is 0 Å². The number of carbonyl (C=O) groups is 3. The molecule has 20 heavy (non-hydrogen) atoms. The summed E-state index contributed by atoms with van der Waals surface area (Å²) >= 11 is 0. The van der Waals surface area contributed by atoms with Gasteiger partial charge in [-0.1, -0.05) is 6.58 Å². The lowest BCUT2D eigenvalue weighted by Crippen LogP contribution is -2.37. The van der Waals surface area contributed by atoms with Crippen LogP contribution in [-0.2, 0) is 14.3 Å². The molecule has 1 aliphatic heterocycles. The fourth-order valence-corrected chi connectivity index (χ4v) is 1.39. The number of hydrogen-bond acceptors (Lipinski definition) is 5. The Morgan fingerprint density at radius 1 is 1.50 bits per heavy atom. The van der Waals surface area contributed by atoms with E-state index in [0.717, 1.165) is 0 Å². The highest BCUT2D eigenvalue weighted by Crippen LogP contribution is 2.04. The summed E-state index contributed by atoms with van der Waals surface area (Å²) in [5, 5.41) is 4.91. The lowest BCUT2D eigenvalue weighted by atomic mass is 10.1. The van der Waals surface area contributed by atoms with Gasteiger partial charge < -0.3 is 10.1 Å². The van der Waals surface area contributed by atoms with E-state index in [4.69, 9.17) is 4.74 Å². The van der Waals surface area contributed by atoms with Crippen LogP contribution >= 0.6 is 0 Å². The summed E-state index contributed by atoms with van der Waals surface area (Å²) in [5.41, 5.74) is 0.938. The van der Waals surface area contributed by atoms with Crippen LogP contribution in [0.2, 0.25) is 0 Å². The Morgan fingerprint density at radius 3 is 2.80 bits per heavy atom. The zero-order valence-corrected chi connectivity index (χ0v) is 11.5. The van der Waals surface area contributed by atoms with Crippen LogP contribution in [0, 0.1) is 0 Å². The monoisotopic (exact) mass is 279 g/mol. The lowest BCUT2D eigenvalue weighted by Gasteiger charge is -2.11. The molecule has 0 aromatic rings. The molecular formula is C13H17N3O4. The molecule has 1 aliphatic rings. The number of nitrogens with one attached hydrogen (secondary N) is 2. The number of amides is 2. The molecule has 0 unspecified atom stereocenters. The van der Waals surface area contributed by atoms with Gasteiger partial charge in [-0.2, -0.15) is 0 Å². The standard InChI is InChI=1S/C13H17N3O4/c1-8(2)12(18)20-5-4-14-13(19)16-11-7-10(17)6-9(3)15-11/h7H,1,4-6H2,2-3H3,(H2,14,16,19). The SMILES string of the molecule is C=C(C)C(=O)OCCNC(=O)NC1=CC(=O)CC(C)=N1. The van der Waals surface area contributed by atoms with Crippen molar-refractivity contribution in [2.45, 2.75) is 20.3 Å². The summed E-state index contributed by atoms with van der Waals surface area (Å²) in [4.78, 5) is 37.9. The third-order valence-electron chi connectivity index (χ3n) is 2.25. The number of ether oxygens (including phenoxy) is 1. The van der Waals surface area contributed by atoms with Crippen molar-refractivity contribution in [1.82, 2.24) is 10.6 Å². The molecule has 7 heteroatoms. The Morgan fingerprint density at radius 2 is 2.20 bits per heavy atom. The zero-order chi connectivity index (χ0) is 15.1. The maximum Gasteiger partial charge on any atom is 0.333 e. The smallest absolute Gasteiger partial charge is 0.333 e. The molecule has 1 heterocycles. The molecule has 0 aromatic carbocycles. The number of rotatable bonds is 5. The predicted octanol–water partition coefficient (Wildman–Crippen LogP) is 0.680. The number of urea groups is 1. The molecular weight excluding hydrogens is 262 g/mol. The first-order chi connectivity index (χ1) is 9.38. The zero-order valence-electron chi connectivity index (χ0n) is 11.5. The van der Waals surface area contributed by atoms with Crippen molar-refractivity contribution in [2.75, 3.05) is 13.2 Å². The van der Waals surface area contributed by atoms with Crippen molar-refractivity contribution >= 4 is 23.5 Å². The van der Waals surface area contributed by atoms with Crippen molar-refractivity contribution in [3.63, 3.8) is 0 Å². The van der Waals surface area contributed by atoms with Crippen molar-refractivity contribution in [2.24, 2.45) is 4.99 Å². The first-order valence-electron chi connectivity index (χ1n) is 6.04. The van der Waals surface area contributed by atoms with E-state index in [9.17, 15) is 14.4 Å². The van der Waals surface area contributed by atoms with Gasteiger partial charge in [-0.15, -0.1) is 0 Å². The van der Waals surface area contributed by atoms with Crippen LogP contribution in [0.4, 0.5) is 4.79 Å².